The number of carbonyl (C=O) groups excluding carboxylic acids is 1. The first-order valence-corrected chi connectivity index (χ1v) is 10.9. The van der Waals surface area contributed by atoms with Gasteiger partial charge in [0.15, 0.2) is 0 Å². The molecule has 0 aliphatic carbocycles. The quantitative estimate of drug-likeness (QED) is 0.444. The molecule has 4 rings (SSSR count). The maximum absolute atomic E-state index is 13.0. The topological polar surface area (TPSA) is 111 Å². The van der Waals surface area contributed by atoms with Gasteiger partial charge in [0.2, 0.25) is 5.89 Å². The van der Waals surface area contributed by atoms with Crippen LogP contribution in [0, 0.1) is 5.82 Å². The molecule has 0 atom stereocenters. The second-order valence-electron chi connectivity index (χ2n) is 6.75. The SMILES string of the molecule is O=C(CCCN=C1NS(=O)(=O)c2ccccc21)OCc1coc(-c2ccc(F)cc2)n1. The van der Waals surface area contributed by atoms with Crippen molar-refractivity contribution in [3.05, 3.63) is 71.9 Å². The predicted octanol–water partition coefficient (Wildman–Crippen LogP) is 3.04. The third-order valence-corrected chi connectivity index (χ3v) is 5.89. The Kier molecular flexibility index (Phi) is 5.81. The van der Waals surface area contributed by atoms with Crippen molar-refractivity contribution in [3.8, 4) is 11.5 Å². The molecule has 0 amide bonds. The Labute approximate surface area is 177 Å². The Morgan fingerprint density at radius 1 is 1.16 bits per heavy atom. The molecule has 0 bridgehead atoms. The average molecular weight is 443 g/mol. The van der Waals surface area contributed by atoms with Crippen molar-refractivity contribution in [2.45, 2.75) is 24.3 Å². The lowest BCUT2D eigenvalue weighted by molar-refractivity contribution is -0.145. The van der Waals surface area contributed by atoms with E-state index in [1.54, 1.807) is 30.3 Å². The molecular weight excluding hydrogens is 425 g/mol. The summed E-state index contributed by atoms with van der Waals surface area (Å²) in [5.74, 6) is -0.205. The zero-order valence-electron chi connectivity index (χ0n) is 16.2. The maximum atomic E-state index is 13.0. The van der Waals surface area contributed by atoms with Gasteiger partial charge in [0, 0.05) is 24.1 Å². The molecule has 31 heavy (non-hydrogen) atoms. The number of aliphatic imine (C=N–C) groups is 1. The van der Waals surface area contributed by atoms with Crippen LogP contribution in [0.15, 0.2) is 69.1 Å². The lowest BCUT2D eigenvalue weighted by atomic mass is 10.2. The van der Waals surface area contributed by atoms with Crippen molar-refractivity contribution in [1.29, 1.82) is 0 Å². The van der Waals surface area contributed by atoms with E-state index in [0.29, 0.717) is 29.1 Å². The summed E-state index contributed by atoms with van der Waals surface area (Å²) in [4.78, 5) is 20.6. The second kappa shape index (κ2) is 8.68. The Hall–Kier alpha value is -3.53. The highest BCUT2D eigenvalue weighted by Crippen LogP contribution is 2.22. The smallest absolute Gasteiger partial charge is 0.306 e. The second-order valence-corrected chi connectivity index (χ2v) is 8.40. The fraction of sp³-hybridized carbons (Fsp3) is 0.190. The highest BCUT2D eigenvalue weighted by Gasteiger charge is 2.29. The summed E-state index contributed by atoms with van der Waals surface area (Å²) in [6.07, 6.45) is 1.89. The van der Waals surface area contributed by atoms with Crippen LogP contribution >= 0.6 is 0 Å². The van der Waals surface area contributed by atoms with Crippen molar-refractivity contribution in [3.63, 3.8) is 0 Å². The normalized spacial score (nSPS) is 15.5. The zero-order chi connectivity index (χ0) is 21.8. The number of rotatable bonds is 7. The Morgan fingerprint density at radius 2 is 1.94 bits per heavy atom. The minimum absolute atomic E-state index is 0.0504. The van der Waals surface area contributed by atoms with Gasteiger partial charge in [-0.3, -0.25) is 14.5 Å². The van der Waals surface area contributed by atoms with E-state index in [4.69, 9.17) is 9.15 Å². The number of hydrogen-bond acceptors (Lipinski definition) is 7. The predicted molar refractivity (Wildman–Crippen MR) is 109 cm³/mol. The van der Waals surface area contributed by atoms with E-state index in [9.17, 15) is 17.6 Å². The van der Waals surface area contributed by atoms with E-state index in [1.165, 1.54) is 24.5 Å². The van der Waals surface area contributed by atoms with Crippen LogP contribution in [0.3, 0.4) is 0 Å². The zero-order valence-corrected chi connectivity index (χ0v) is 17.1. The molecule has 8 nitrogen and oxygen atoms in total. The van der Waals surface area contributed by atoms with Gasteiger partial charge in [-0.1, -0.05) is 12.1 Å². The lowest BCUT2D eigenvalue weighted by Crippen LogP contribution is -2.22. The van der Waals surface area contributed by atoms with Crippen molar-refractivity contribution >= 4 is 21.8 Å². The van der Waals surface area contributed by atoms with E-state index in [1.807, 2.05) is 0 Å². The summed E-state index contributed by atoms with van der Waals surface area (Å²) in [6.45, 7) is 0.213. The molecule has 0 saturated carbocycles. The molecule has 0 spiro atoms. The number of carbonyl (C=O) groups is 1. The number of sulfonamides is 1. The third kappa shape index (κ3) is 4.80. The van der Waals surface area contributed by atoms with Crippen LogP contribution in [0.4, 0.5) is 4.39 Å². The minimum atomic E-state index is -3.57. The summed E-state index contributed by atoms with van der Waals surface area (Å²) in [5, 5.41) is 0. The van der Waals surface area contributed by atoms with E-state index < -0.39 is 16.0 Å². The van der Waals surface area contributed by atoms with Gasteiger partial charge in [-0.25, -0.2) is 17.8 Å². The van der Waals surface area contributed by atoms with Gasteiger partial charge in [-0.05, 0) is 42.8 Å². The fourth-order valence-electron chi connectivity index (χ4n) is 2.99. The van der Waals surface area contributed by atoms with E-state index in [0.717, 1.165) is 0 Å². The summed E-state index contributed by atoms with van der Waals surface area (Å²) < 4.78 is 50.0. The number of nitrogens with zero attached hydrogens (tertiary/aromatic N) is 2. The van der Waals surface area contributed by atoms with Crippen LogP contribution in [0.25, 0.3) is 11.5 Å². The molecule has 3 aromatic rings. The fourth-order valence-corrected chi connectivity index (χ4v) is 4.24. The van der Waals surface area contributed by atoms with Crippen LogP contribution in [-0.4, -0.2) is 31.8 Å². The Bertz CT molecular complexity index is 1240. The molecule has 0 fully saturated rings. The molecule has 0 saturated heterocycles. The van der Waals surface area contributed by atoms with Crippen molar-refractivity contribution in [2.75, 3.05) is 6.54 Å². The van der Waals surface area contributed by atoms with E-state index >= 15 is 0 Å². The monoisotopic (exact) mass is 443 g/mol. The highest BCUT2D eigenvalue weighted by atomic mass is 32.2. The van der Waals surface area contributed by atoms with Gasteiger partial charge in [-0.2, -0.15) is 0 Å². The van der Waals surface area contributed by atoms with E-state index in [-0.39, 0.29) is 36.1 Å². The van der Waals surface area contributed by atoms with E-state index in [2.05, 4.69) is 14.7 Å². The van der Waals surface area contributed by atoms with Gasteiger partial charge in [0.05, 0.1) is 4.90 Å². The summed E-state index contributed by atoms with van der Waals surface area (Å²) in [5.41, 5.74) is 1.57. The molecular formula is C21H18FN3O5S. The van der Waals surface area contributed by atoms with Gasteiger partial charge < -0.3 is 9.15 Å². The number of fused-ring (bicyclic) bond motifs is 1. The molecule has 160 valence electrons. The summed E-state index contributed by atoms with van der Waals surface area (Å²) in [7, 11) is -3.57. The molecule has 10 heteroatoms. The molecule has 0 radical (unpaired) electrons. The van der Waals surface area contributed by atoms with Crippen molar-refractivity contribution < 1.29 is 26.8 Å². The number of amidine groups is 1. The Morgan fingerprint density at radius 3 is 2.74 bits per heavy atom. The van der Waals surface area contributed by atoms with Gasteiger partial charge in [0.1, 0.15) is 30.2 Å². The summed E-state index contributed by atoms with van der Waals surface area (Å²) >= 11 is 0. The van der Waals surface area contributed by atoms with Gasteiger partial charge >= 0.3 is 5.97 Å². The minimum Gasteiger partial charge on any atom is -0.459 e. The summed E-state index contributed by atoms with van der Waals surface area (Å²) in [6, 6.07) is 12.3. The molecule has 2 heterocycles. The van der Waals surface area contributed by atoms with Crippen LogP contribution < -0.4 is 4.72 Å². The average Bonchev–Trinajstić information content (AvgIpc) is 3.33. The highest BCUT2D eigenvalue weighted by molar-refractivity contribution is 7.90. The van der Waals surface area contributed by atoms with Crippen LogP contribution in [0.5, 0.6) is 0 Å². The number of aromatic nitrogens is 1. The largest absolute Gasteiger partial charge is 0.459 e. The van der Waals surface area contributed by atoms with Gasteiger partial charge in [0.25, 0.3) is 10.0 Å². The van der Waals surface area contributed by atoms with Crippen molar-refractivity contribution in [2.24, 2.45) is 4.99 Å². The molecule has 1 N–H and O–H groups in total. The maximum Gasteiger partial charge on any atom is 0.306 e. The molecule has 2 aromatic carbocycles. The first-order valence-electron chi connectivity index (χ1n) is 9.45. The van der Waals surface area contributed by atoms with Crippen molar-refractivity contribution in [1.82, 2.24) is 9.71 Å². The first-order chi connectivity index (χ1) is 14.9. The number of benzene rings is 2. The number of hydrogen-bond donors (Lipinski definition) is 1. The molecule has 1 aliphatic heterocycles. The molecule has 1 aliphatic rings. The number of halogens is 1. The van der Waals surface area contributed by atoms with Crippen LogP contribution in [-0.2, 0) is 26.2 Å². The third-order valence-electron chi connectivity index (χ3n) is 4.50. The standard InChI is InChI=1S/C21H18FN3O5S/c22-15-9-7-14(8-10-15)21-24-16(13-30-21)12-29-19(26)6-3-11-23-20-17-4-1-2-5-18(17)31(27,28)25-20/h1-2,4-5,7-10,13H,3,6,11-12H2,(H,23,25). The number of ether oxygens (including phenoxy) is 1. The molecule has 0 unspecified atom stereocenters. The molecule has 1 aromatic heterocycles. The van der Waals surface area contributed by atoms with Crippen LogP contribution in [0.2, 0.25) is 0 Å². The number of oxazole rings is 1. The van der Waals surface area contributed by atoms with Crippen LogP contribution in [0.1, 0.15) is 24.1 Å². The number of esters is 1. The first kappa shape index (κ1) is 20.7. The van der Waals surface area contributed by atoms with Gasteiger partial charge in [-0.15, -0.1) is 0 Å². The lowest BCUT2D eigenvalue weighted by Gasteiger charge is -2.02. The number of nitrogens with one attached hydrogen (secondary N) is 1. The Balaban J connectivity index is 1.25.